The van der Waals surface area contributed by atoms with Gasteiger partial charge in [0, 0.05) is 0 Å². The summed E-state index contributed by atoms with van der Waals surface area (Å²) in [6.45, 7) is -0.258. The maximum absolute atomic E-state index is 14.4. The fourth-order valence-corrected chi connectivity index (χ4v) is 5.16. The van der Waals surface area contributed by atoms with E-state index in [4.69, 9.17) is 18.9 Å². The van der Waals surface area contributed by atoms with Crippen molar-refractivity contribution in [1.82, 2.24) is 0 Å². The van der Waals surface area contributed by atoms with E-state index in [0.717, 1.165) is 25.7 Å². The normalized spacial score (nSPS) is 34.6. The average Bonchev–Trinajstić information content (AvgIpc) is 3.21. The van der Waals surface area contributed by atoms with Gasteiger partial charge in [-0.2, -0.15) is 0 Å². The SMILES string of the molecule is CCCCCCCCCCCCCCC(F)C(=O)OCC1OC(CO)(OC2OC(CO)C(O)C(O)C2O)C(O)C1O. The number of carbonyl (C=O) groups excluding carboxylic acids is 1. The number of unbranched alkanes of at least 4 members (excludes halogenated alkanes) is 11. The number of esters is 1. The number of ether oxygens (including phenoxy) is 4. The summed E-state index contributed by atoms with van der Waals surface area (Å²) in [7, 11) is 0. The maximum atomic E-state index is 14.4. The van der Waals surface area contributed by atoms with Crippen LogP contribution in [0.1, 0.15) is 90.4 Å². The maximum Gasteiger partial charge on any atom is 0.340 e. The molecule has 0 radical (unpaired) electrons. The van der Waals surface area contributed by atoms with Gasteiger partial charge >= 0.3 is 5.97 Å². The third kappa shape index (κ3) is 10.6. The van der Waals surface area contributed by atoms with Crippen LogP contribution >= 0.6 is 0 Å². The van der Waals surface area contributed by atoms with Gasteiger partial charge in [-0.15, -0.1) is 0 Å². The summed E-state index contributed by atoms with van der Waals surface area (Å²) in [5.41, 5.74) is 0. The molecular weight excluding hydrogens is 547 g/mol. The molecule has 0 aromatic heterocycles. The van der Waals surface area contributed by atoms with E-state index in [9.17, 15) is 44.9 Å². The molecule has 0 aromatic carbocycles. The number of alkyl halides is 1. The van der Waals surface area contributed by atoms with Crippen LogP contribution in [0.25, 0.3) is 0 Å². The van der Waals surface area contributed by atoms with Crippen molar-refractivity contribution >= 4 is 5.97 Å². The quantitative estimate of drug-likeness (QED) is 0.0762. The van der Waals surface area contributed by atoms with Crippen molar-refractivity contribution in [2.45, 2.75) is 151 Å². The van der Waals surface area contributed by atoms with E-state index < -0.39 is 86.8 Å². The van der Waals surface area contributed by atoms with Crippen LogP contribution in [-0.2, 0) is 23.7 Å². The molecule has 7 N–H and O–H groups in total. The number of aliphatic hydroxyl groups is 7. The molecule has 0 saturated carbocycles. The predicted octanol–water partition coefficient (Wildman–Crippen LogP) is 0.585. The smallest absolute Gasteiger partial charge is 0.340 e. The van der Waals surface area contributed by atoms with Crippen LogP contribution in [0.5, 0.6) is 0 Å². The molecule has 0 aromatic rings. The van der Waals surface area contributed by atoms with E-state index in [1.807, 2.05) is 0 Å². The molecule has 0 amide bonds. The van der Waals surface area contributed by atoms with Crippen molar-refractivity contribution in [1.29, 1.82) is 0 Å². The molecule has 12 nitrogen and oxygen atoms in total. The standard InChI is InChI=1S/C28H51FO12/c1-2-3-4-5-6-7-8-9-10-11-12-13-14-18(29)26(37)38-16-20-22(33)25(36)28(17-31,40-20)41-27-24(35)23(34)21(32)19(15-30)39-27/h18-25,27,30-36H,2-17H2,1H3. The second-order valence-electron chi connectivity index (χ2n) is 11.2. The first-order valence-electron chi connectivity index (χ1n) is 15.1. The Kier molecular flexibility index (Phi) is 16.4. The van der Waals surface area contributed by atoms with Crippen LogP contribution in [0, 0.1) is 0 Å². The zero-order valence-corrected chi connectivity index (χ0v) is 24.1. The number of hydrogen-bond acceptors (Lipinski definition) is 12. The number of halogens is 1. The molecule has 13 heteroatoms. The lowest BCUT2D eigenvalue weighted by Crippen LogP contribution is -2.62. The van der Waals surface area contributed by atoms with Gasteiger partial charge in [-0.1, -0.05) is 77.6 Å². The minimum atomic E-state index is -2.38. The number of rotatable bonds is 20. The largest absolute Gasteiger partial charge is 0.461 e. The van der Waals surface area contributed by atoms with Crippen molar-refractivity contribution in [2.75, 3.05) is 19.8 Å². The molecule has 2 aliphatic rings. The van der Waals surface area contributed by atoms with E-state index >= 15 is 0 Å². The first-order valence-corrected chi connectivity index (χ1v) is 15.1. The molecule has 0 bridgehead atoms. The number of hydrogen-bond donors (Lipinski definition) is 7. The first kappa shape index (κ1) is 36.2. The minimum absolute atomic E-state index is 0.00619. The Bertz CT molecular complexity index is 730. The summed E-state index contributed by atoms with van der Waals surface area (Å²) in [5, 5.41) is 70.2. The minimum Gasteiger partial charge on any atom is -0.461 e. The van der Waals surface area contributed by atoms with Crippen LogP contribution < -0.4 is 0 Å². The Hall–Kier alpha value is -1.00. The molecule has 2 fully saturated rings. The Morgan fingerprint density at radius 1 is 0.805 bits per heavy atom. The van der Waals surface area contributed by atoms with Crippen molar-refractivity contribution in [3.8, 4) is 0 Å². The van der Waals surface area contributed by atoms with Gasteiger partial charge in [0.1, 0.15) is 55.9 Å². The van der Waals surface area contributed by atoms with E-state index in [0.29, 0.717) is 6.42 Å². The summed E-state index contributed by atoms with van der Waals surface area (Å²) in [4.78, 5) is 12.1. The van der Waals surface area contributed by atoms with Crippen LogP contribution in [0.3, 0.4) is 0 Å². The summed E-state index contributed by atoms with van der Waals surface area (Å²) in [6.07, 6.45) is -2.01. The molecule has 0 aliphatic carbocycles. The van der Waals surface area contributed by atoms with Crippen LogP contribution in [0.2, 0.25) is 0 Å². The van der Waals surface area contributed by atoms with E-state index in [1.54, 1.807) is 0 Å². The van der Waals surface area contributed by atoms with Crippen molar-refractivity contribution in [3.05, 3.63) is 0 Å². The summed E-state index contributed by atoms with van der Waals surface area (Å²) >= 11 is 0. The fourth-order valence-electron chi connectivity index (χ4n) is 5.16. The predicted molar refractivity (Wildman–Crippen MR) is 143 cm³/mol. The van der Waals surface area contributed by atoms with E-state index in [1.165, 1.54) is 44.9 Å². The summed E-state index contributed by atoms with van der Waals surface area (Å²) in [6, 6.07) is 0. The molecule has 10 atom stereocenters. The van der Waals surface area contributed by atoms with Crippen molar-refractivity contribution in [2.24, 2.45) is 0 Å². The molecule has 10 unspecified atom stereocenters. The van der Waals surface area contributed by atoms with Crippen molar-refractivity contribution < 1.29 is 63.9 Å². The second-order valence-corrected chi connectivity index (χ2v) is 11.2. The van der Waals surface area contributed by atoms with Gasteiger partial charge in [0.15, 0.2) is 12.5 Å². The molecule has 242 valence electrons. The van der Waals surface area contributed by atoms with Gasteiger partial charge in [-0.05, 0) is 12.8 Å². The van der Waals surface area contributed by atoms with Crippen molar-refractivity contribution in [3.63, 3.8) is 0 Å². The highest BCUT2D eigenvalue weighted by molar-refractivity contribution is 5.74. The number of carbonyl (C=O) groups is 1. The van der Waals surface area contributed by atoms with Crippen LogP contribution in [0.4, 0.5) is 4.39 Å². The molecule has 41 heavy (non-hydrogen) atoms. The Balaban J connectivity index is 1.70. The fraction of sp³-hybridized carbons (Fsp3) is 0.964. The van der Waals surface area contributed by atoms with Gasteiger partial charge < -0.3 is 54.7 Å². The molecule has 2 saturated heterocycles. The lowest BCUT2D eigenvalue weighted by atomic mass is 9.99. The van der Waals surface area contributed by atoms with E-state index in [-0.39, 0.29) is 6.42 Å². The zero-order valence-electron chi connectivity index (χ0n) is 24.1. The Morgan fingerprint density at radius 3 is 1.90 bits per heavy atom. The highest BCUT2D eigenvalue weighted by Crippen LogP contribution is 2.36. The number of aliphatic hydroxyl groups excluding tert-OH is 7. The van der Waals surface area contributed by atoms with Gasteiger partial charge in [-0.25, -0.2) is 9.18 Å². The molecule has 2 rings (SSSR count). The van der Waals surface area contributed by atoms with Gasteiger partial charge in [0.2, 0.25) is 5.79 Å². The third-order valence-electron chi connectivity index (χ3n) is 7.85. The summed E-state index contributed by atoms with van der Waals surface area (Å²) in [5.74, 6) is -3.52. The van der Waals surface area contributed by atoms with Gasteiger partial charge in [-0.3, -0.25) is 0 Å². The first-order chi connectivity index (χ1) is 19.6. The lowest BCUT2D eigenvalue weighted by Gasteiger charge is -2.43. The molecule has 2 aliphatic heterocycles. The second kappa shape index (κ2) is 18.6. The lowest BCUT2D eigenvalue weighted by molar-refractivity contribution is -0.383. The van der Waals surface area contributed by atoms with Crippen LogP contribution in [-0.4, -0.2) is 123 Å². The topological polar surface area (TPSA) is 196 Å². The average molecular weight is 599 g/mol. The highest BCUT2D eigenvalue weighted by atomic mass is 19.1. The van der Waals surface area contributed by atoms with Crippen LogP contribution in [0.15, 0.2) is 0 Å². The Labute approximate surface area is 241 Å². The van der Waals surface area contributed by atoms with Gasteiger partial charge in [0.05, 0.1) is 6.61 Å². The third-order valence-corrected chi connectivity index (χ3v) is 7.85. The molecule has 2 heterocycles. The molecule has 0 spiro atoms. The Morgan fingerprint density at radius 2 is 1.37 bits per heavy atom. The monoisotopic (exact) mass is 598 g/mol. The van der Waals surface area contributed by atoms with E-state index in [2.05, 4.69) is 6.92 Å². The highest BCUT2D eigenvalue weighted by Gasteiger charge is 2.58. The summed E-state index contributed by atoms with van der Waals surface area (Å²) < 4.78 is 35.3. The molecular formula is C28H51FO12. The zero-order chi connectivity index (χ0) is 30.4. The van der Waals surface area contributed by atoms with Gasteiger partial charge in [0.25, 0.3) is 0 Å².